The van der Waals surface area contributed by atoms with E-state index in [1.165, 1.54) is 38.5 Å². The van der Waals surface area contributed by atoms with Gasteiger partial charge in [-0.15, -0.1) is 0 Å². The molecule has 0 amide bonds. The summed E-state index contributed by atoms with van der Waals surface area (Å²) in [7, 11) is 0. The monoisotopic (exact) mass is 279 g/mol. The van der Waals surface area contributed by atoms with Gasteiger partial charge in [-0.25, -0.2) is 0 Å². The predicted octanol–water partition coefficient (Wildman–Crippen LogP) is 1.38. The number of hydrogen-bond acceptors (Lipinski definition) is 3. The number of aliphatic hydroxyl groups is 1. The molecule has 4 saturated carbocycles. The van der Waals surface area contributed by atoms with E-state index in [0.29, 0.717) is 5.76 Å². The van der Waals surface area contributed by atoms with Gasteiger partial charge >= 0.3 is 5.17 Å². The largest absolute Gasteiger partial charge is 0.511 e. The second-order valence-corrected chi connectivity index (χ2v) is 7.88. The van der Waals surface area contributed by atoms with Crippen LogP contribution in [0.3, 0.4) is 0 Å². The first-order chi connectivity index (χ1) is 9.23. The van der Waals surface area contributed by atoms with Crippen LogP contribution in [0.2, 0.25) is 0 Å². The maximum atomic E-state index is 10.6. The smallest absolute Gasteiger partial charge is 0.308 e. The Labute approximate surface area is 118 Å². The minimum Gasteiger partial charge on any atom is -0.511 e. The average molecular weight is 279 g/mol. The van der Waals surface area contributed by atoms with Crippen LogP contribution in [0.25, 0.3) is 0 Å². The Morgan fingerprint density at radius 3 is 2.37 bits per heavy atom. The van der Waals surface area contributed by atoms with Crippen LogP contribution >= 0.6 is 11.8 Å². The minimum atomic E-state index is 0.140. The third-order valence-electron chi connectivity index (χ3n) is 5.57. The summed E-state index contributed by atoms with van der Waals surface area (Å²) < 4.78 is 0. The molecule has 104 valence electrons. The summed E-state index contributed by atoms with van der Waals surface area (Å²) in [5.41, 5.74) is 0.140. The van der Waals surface area contributed by atoms with Crippen LogP contribution in [0.4, 0.5) is 0 Å². The highest BCUT2D eigenvalue weighted by atomic mass is 32.2. The Bertz CT molecular complexity index is 408. The Kier molecular flexibility index (Phi) is 2.83. The van der Waals surface area contributed by atoms with Gasteiger partial charge in [-0.3, -0.25) is 10.3 Å². The summed E-state index contributed by atoms with van der Waals surface area (Å²) in [5.74, 6) is 3.34. The van der Waals surface area contributed by atoms with E-state index in [4.69, 9.17) is 0 Å². The average Bonchev–Trinajstić information content (AvgIpc) is 2.87. The number of thioether (sulfide) groups is 1. The van der Waals surface area contributed by atoms with Crippen LogP contribution in [-0.2, 0) is 0 Å². The van der Waals surface area contributed by atoms with E-state index in [1.807, 2.05) is 5.41 Å². The van der Waals surface area contributed by atoms with Gasteiger partial charge < -0.3 is 5.11 Å². The van der Waals surface area contributed by atoms with Crippen molar-refractivity contribution in [2.24, 2.45) is 23.2 Å². The van der Waals surface area contributed by atoms with Crippen LogP contribution in [0.1, 0.15) is 38.5 Å². The van der Waals surface area contributed by atoms with Crippen LogP contribution in [0, 0.1) is 23.2 Å². The van der Waals surface area contributed by atoms with Crippen molar-refractivity contribution in [3.05, 3.63) is 11.2 Å². The van der Waals surface area contributed by atoms with Gasteiger partial charge in [-0.1, -0.05) is 0 Å². The first-order valence-corrected chi connectivity index (χ1v) is 8.52. The number of aliphatic hydroxyl groups excluding tert-OH is 1. The maximum Gasteiger partial charge on any atom is 0.308 e. The fraction of sp³-hybridized carbons (Fsp3) is 0.800. The molecule has 0 saturated heterocycles. The van der Waals surface area contributed by atoms with Gasteiger partial charge in [0.25, 0.3) is 0 Å². The van der Waals surface area contributed by atoms with Crippen molar-refractivity contribution in [1.29, 1.82) is 0 Å². The number of allylic oxidation sites excluding steroid dienone is 1. The lowest BCUT2D eigenvalue weighted by Gasteiger charge is -2.56. The summed E-state index contributed by atoms with van der Waals surface area (Å²) in [6.07, 6.45) is 7.99. The standard InChI is InChI=1S/C15H22N2OS/c18-13(9-19-14-16-1-2-17-14)15-6-10-3-11(7-15)5-12(4-10)8-15/h9-12,18H,1-8H2,(H,16,17)/p+1/b13-9-. The van der Waals surface area contributed by atoms with Gasteiger partial charge in [0, 0.05) is 10.8 Å². The fourth-order valence-corrected chi connectivity index (χ4v) is 6.01. The summed E-state index contributed by atoms with van der Waals surface area (Å²) in [6, 6.07) is 0. The molecule has 4 heteroatoms. The van der Waals surface area contributed by atoms with E-state index >= 15 is 0 Å². The first-order valence-electron chi connectivity index (χ1n) is 7.64. The third-order valence-corrected chi connectivity index (χ3v) is 6.43. The molecule has 5 rings (SSSR count). The predicted molar refractivity (Wildman–Crippen MR) is 77.7 cm³/mol. The van der Waals surface area contributed by atoms with Crippen molar-refractivity contribution >= 4 is 16.9 Å². The molecule has 1 aliphatic heterocycles. The van der Waals surface area contributed by atoms with Crippen LogP contribution < -0.4 is 10.3 Å². The second-order valence-electron chi connectivity index (χ2n) is 7.00. The van der Waals surface area contributed by atoms with Crippen molar-refractivity contribution in [3.63, 3.8) is 0 Å². The fourth-order valence-electron chi connectivity index (χ4n) is 5.16. The van der Waals surface area contributed by atoms with Crippen LogP contribution in [0.15, 0.2) is 11.2 Å². The third kappa shape index (κ3) is 2.08. The van der Waals surface area contributed by atoms with E-state index < -0.39 is 0 Å². The lowest BCUT2D eigenvalue weighted by atomic mass is 9.49. The van der Waals surface area contributed by atoms with E-state index in [1.54, 1.807) is 11.8 Å². The number of nitrogens with one attached hydrogen (secondary N) is 2. The van der Waals surface area contributed by atoms with E-state index in [-0.39, 0.29) is 5.41 Å². The summed E-state index contributed by atoms with van der Waals surface area (Å²) >= 11 is 1.62. The molecule has 4 aliphatic carbocycles. The van der Waals surface area contributed by atoms with Gasteiger partial charge in [0.15, 0.2) is 0 Å². The van der Waals surface area contributed by atoms with Crippen molar-refractivity contribution in [2.45, 2.75) is 38.5 Å². The zero-order valence-corrected chi connectivity index (χ0v) is 12.1. The molecule has 0 aromatic carbocycles. The van der Waals surface area contributed by atoms with Crippen LogP contribution in [0.5, 0.6) is 0 Å². The molecule has 0 unspecified atom stereocenters. The summed E-state index contributed by atoms with van der Waals surface area (Å²) in [6.45, 7) is 1.99. The molecule has 3 N–H and O–H groups in total. The quantitative estimate of drug-likeness (QED) is 0.669. The molecule has 5 aliphatic rings. The minimum absolute atomic E-state index is 0.140. The second kappa shape index (κ2) is 4.44. The van der Waals surface area contributed by atoms with Gasteiger partial charge in [0.05, 0.1) is 0 Å². The number of hydrogen-bond donors (Lipinski definition) is 3. The molecule has 3 nitrogen and oxygen atoms in total. The highest BCUT2D eigenvalue weighted by molar-refractivity contribution is 8.16. The topological polar surface area (TPSA) is 46.2 Å². The molecule has 4 bridgehead atoms. The molecule has 1 heterocycles. The molecular weight excluding hydrogens is 256 g/mol. The Balaban J connectivity index is 1.52. The van der Waals surface area contributed by atoms with Crippen molar-refractivity contribution in [1.82, 2.24) is 5.32 Å². The summed E-state index contributed by atoms with van der Waals surface area (Å²) in [4.78, 5) is 3.30. The van der Waals surface area contributed by atoms with Gasteiger partial charge in [-0.2, -0.15) is 0 Å². The highest BCUT2D eigenvalue weighted by Gasteiger charge is 2.52. The first kappa shape index (κ1) is 12.1. The van der Waals surface area contributed by atoms with Gasteiger partial charge in [-0.05, 0) is 68.0 Å². The molecule has 0 aromatic heterocycles. The zero-order chi connectivity index (χ0) is 12.9. The van der Waals surface area contributed by atoms with E-state index in [2.05, 4.69) is 10.3 Å². The Hall–Kier alpha value is -0.640. The molecule has 0 radical (unpaired) electrons. The molecule has 4 fully saturated rings. The van der Waals surface area contributed by atoms with Gasteiger partial charge in [0.2, 0.25) is 0 Å². The van der Waals surface area contributed by atoms with Gasteiger partial charge in [0.1, 0.15) is 18.8 Å². The van der Waals surface area contributed by atoms with E-state index in [0.717, 1.165) is 36.0 Å². The number of rotatable bonds is 2. The van der Waals surface area contributed by atoms with Crippen molar-refractivity contribution < 1.29 is 10.1 Å². The van der Waals surface area contributed by atoms with Crippen LogP contribution in [-0.4, -0.2) is 23.4 Å². The molecule has 19 heavy (non-hydrogen) atoms. The van der Waals surface area contributed by atoms with Crippen molar-refractivity contribution in [3.8, 4) is 0 Å². The molecule has 0 aromatic rings. The Morgan fingerprint density at radius 1 is 1.21 bits per heavy atom. The summed E-state index contributed by atoms with van der Waals surface area (Å²) in [5, 5.41) is 17.0. The zero-order valence-electron chi connectivity index (χ0n) is 11.3. The highest BCUT2D eigenvalue weighted by Crippen LogP contribution is 2.62. The lowest BCUT2D eigenvalue weighted by molar-refractivity contribution is -0.441. The Morgan fingerprint density at radius 2 is 1.84 bits per heavy atom. The van der Waals surface area contributed by atoms with E-state index in [9.17, 15) is 5.11 Å². The SMILES string of the molecule is O/C(=C\SC1=[NH+]CCN1)C12CC3CC(CC(C3)C1)C2. The molecule has 0 atom stereocenters. The molecular formula is C15H23N2OS+. The normalized spacial score (nSPS) is 44.3. The number of amidine groups is 1. The molecule has 0 spiro atoms. The maximum absolute atomic E-state index is 10.6. The van der Waals surface area contributed by atoms with Crippen molar-refractivity contribution in [2.75, 3.05) is 13.1 Å². The lowest BCUT2D eigenvalue weighted by Crippen LogP contribution is -2.69.